The molecule has 0 saturated heterocycles. The van der Waals surface area contributed by atoms with E-state index in [1.165, 1.54) is 0 Å². The summed E-state index contributed by atoms with van der Waals surface area (Å²) < 4.78 is 0. The predicted molar refractivity (Wildman–Crippen MR) is 26.8 cm³/mol. The maximum absolute atomic E-state index is 10.1. The molecule has 0 aliphatic heterocycles. The standard InChI is InChI=1S/C5H6O6/c6-2(4(8)9)1-3(7)5(10)11/h2,6H,1H2,(H,8,9)(H,10,11)/p-1. The molecule has 1 N–H and O–H groups in total. The third-order valence-corrected chi connectivity index (χ3v) is 0.878. The number of hydrogen-bond acceptors (Lipinski definition) is 6. The Balaban J connectivity index is 0. The zero-order valence-electron chi connectivity index (χ0n) is 6.27. The van der Waals surface area contributed by atoms with Crippen LogP contribution in [0.3, 0.4) is 0 Å². The number of carbonyl (C=O) groups is 3. The Kier molecular flexibility index (Phi) is 3.19. The first-order valence-corrected chi connectivity index (χ1v) is 2.58. The highest BCUT2D eigenvalue weighted by Crippen LogP contribution is 1.90. The Hall–Kier alpha value is -1.43. The van der Waals surface area contributed by atoms with E-state index >= 15 is 0 Å². The first-order chi connectivity index (χ1) is 4.95. The number of rotatable bonds is 4. The molecule has 0 radical (unpaired) electrons. The number of ketones is 1. The Bertz CT molecular complexity index is 200. The number of carboxylic acid groups (broad SMARTS) is 2. The maximum Gasteiger partial charge on any atom is 1.00 e. The fraction of sp³-hybridized carbons (Fsp3) is 0.400. The van der Waals surface area contributed by atoms with E-state index in [0.717, 1.165) is 0 Å². The summed E-state index contributed by atoms with van der Waals surface area (Å²) in [7, 11) is 0. The van der Waals surface area contributed by atoms with Crippen LogP contribution < -0.4 is 10.2 Å². The molecule has 0 fully saturated rings. The van der Waals surface area contributed by atoms with Crippen LogP contribution >= 0.6 is 0 Å². The molecule has 62 valence electrons. The molecule has 6 nitrogen and oxygen atoms in total. The molecule has 0 aromatic rings. The van der Waals surface area contributed by atoms with Crippen molar-refractivity contribution in [3.8, 4) is 0 Å². The van der Waals surface area contributed by atoms with Crippen molar-refractivity contribution >= 4 is 17.7 Å². The first-order valence-electron chi connectivity index (χ1n) is 2.58. The van der Waals surface area contributed by atoms with Gasteiger partial charge >= 0.3 is 1.43 Å². The van der Waals surface area contributed by atoms with Crippen molar-refractivity contribution in [2.45, 2.75) is 12.5 Å². The molecule has 0 aliphatic carbocycles. The second-order valence-corrected chi connectivity index (χ2v) is 1.75. The maximum atomic E-state index is 10.1. The van der Waals surface area contributed by atoms with E-state index in [4.69, 9.17) is 5.11 Å². The molecule has 0 amide bonds. The predicted octanol–water partition coefficient (Wildman–Crippen LogP) is -4.08. The minimum absolute atomic E-state index is 0. The number of Topliss-reactive ketones (excluding diaryl/α,β-unsaturated/α-hetero) is 1. The minimum atomic E-state index is -2.08. The quantitative estimate of drug-likeness (QED) is 0.419. The fourth-order valence-corrected chi connectivity index (χ4v) is 0.342. The summed E-state index contributed by atoms with van der Waals surface area (Å²) in [6, 6.07) is 0. The fourth-order valence-electron chi connectivity index (χ4n) is 0.342. The highest BCUT2D eigenvalue weighted by Gasteiger charge is 2.11. The molecule has 1 atom stereocenters. The van der Waals surface area contributed by atoms with Crippen LogP contribution in [0.2, 0.25) is 0 Å². The lowest BCUT2D eigenvalue weighted by molar-refractivity contribution is -0.315. The summed E-state index contributed by atoms with van der Waals surface area (Å²) in [6.07, 6.45) is -3.11. The second kappa shape index (κ2) is 3.67. The van der Waals surface area contributed by atoms with Crippen molar-refractivity contribution in [2.75, 3.05) is 0 Å². The van der Waals surface area contributed by atoms with Gasteiger partial charge in [-0.25, -0.2) is 0 Å². The molecule has 0 spiro atoms. The average Bonchev–Trinajstić information content (AvgIpc) is 1.87. The third-order valence-electron chi connectivity index (χ3n) is 0.878. The number of carbonyl (C=O) groups excluding carboxylic acids is 3. The van der Waals surface area contributed by atoms with Gasteiger partial charge in [-0.15, -0.1) is 0 Å². The molecule has 6 heteroatoms. The van der Waals surface area contributed by atoms with Crippen LogP contribution in [0.25, 0.3) is 0 Å². The van der Waals surface area contributed by atoms with E-state index in [9.17, 15) is 24.6 Å². The van der Waals surface area contributed by atoms with Crippen LogP contribution in [0.5, 0.6) is 0 Å². The lowest BCUT2D eigenvalue weighted by Gasteiger charge is -2.09. The van der Waals surface area contributed by atoms with Crippen molar-refractivity contribution in [3.05, 3.63) is 0 Å². The summed E-state index contributed by atoms with van der Waals surface area (Å²) in [6.45, 7) is 0. The van der Waals surface area contributed by atoms with Gasteiger partial charge in [0.1, 0.15) is 12.1 Å². The largest absolute Gasteiger partial charge is 1.00 e. The van der Waals surface area contributed by atoms with Crippen molar-refractivity contribution in [1.82, 2.24) is 0 Å². The Morgan fingerprint density at radius 2 is 1.82 bits per heavy atom. The second-order valence-electron chi connectivity index (χ2n) is 1.75. The van der Waals surface area contributed by atoms with E-state index in [1.54, 1.807) is 0 Å². The summed E-state index contributed by atoms with van der Waals surface area (Å²) >= 11 is 0. The Morgan fingerprint density at radius 1 is 1.36 bits per heavy atom. The number of aliphatic hydroxyl groups excluding tert-OH is 1. The van der Waals surface area contributed by atoms with Gasteiger partial charge in [0.2, 0.25) is 0 Å². The van der Waals surface area contributed by atoms with Crippen LogP contribution in [-0.4, -0.2) is 28.9 Å². The lowest BCUT2D eigenvalue weighted by atomic mass is 10.2. The van der Waals surface area contributed by atoms with Crippen LogP contribution in [-0.2, 0) is 14.4 Å². The molecule has 0 aromatic heterocycles. The number of hydrogen-bond donors (Lipinski definition) is 1. The van der Waals surface area contributed by atoms with Gasteiger partial charge in [-0.05, 0) is 0 Å². The summed E-state index contributed by atoms with van der Waals surface area (Å²) in [4.78, 5) is 29.5. The summed E-state index contributed by atoms with van der Waals surface area (Å²) in [5.74, 6) is -5.38. The topological polar surface area (TPSA) is 118 Å². The van der Waals surface area contributed by atoms with Gasteiger partial charge in [0.25, 0.3) is 0 Å². The van der Waals surface area contributed by atoms with E-state index < -0.39 is 30.2 Å². The van der Waals surface area contributed by atoms with Crippen molar-refractivity contribution in [1.29, 1.82) is 0 Å². The molecular formula is C5H5O6-. The molecule has 0 heterocycles. The third kappa shape index (κ3) is 3.31. The molecule has 0 saturated carbocycles. The van der Waals surface area contributed by atoms with Crippen molar-refractivity contribution < 1.29 is 31.1 Å². The molecule has 1 unspecified atom stereocenters. The van der Waals surface area contributed by atoms with Crippen LogP contribution in [0.1, 0.15) is 7.85 Å². The van der Waals surface area contributed by atoms with E-state index in [0.29, 0.717) is 0 Å². The van der Waals surface area contributed by atoms with Crippen LogP contribution in [0.4, 0.5) is 0 Å². The highest BCUT2D eigenvalue weighted by molar-refractivity contribution is 6.32. The van der Waals surface area contributed by atoms with Gasteiger partial charge in [0.05, 0.1) is 5.97 Å². The van der Waals surface area contributed by atoms with Crippen molar-refractivity contribution in [3.63, 3.8) is 0 Å². The normalized spacial score (nSPS) is 12.1. The van der Waals surface area contributed by atoms with E-state index in [2.05, 4.69) is 0 Å². The van der Waals surface area contributed by atoms with Gasteiger partial charge in [-0.3, -0.25) is 4.79 Å². The van der Waals surface area contributed by atoms with Gasteiger partial charge in [-0.1, -0.05) is 0 Å². The number of aliphatic carboxylic acids is 2. The van der Waals surface area contributed by atoms with Crippen LogP contribution in [0.15, 0.2) is 0 Å². The summed E-state index contributed by atoms with van der Waals surface area (Å²) in [5.41, 5.74) is 0. The smallest absolute Gasteiger partial charge is 0.547 e. The number of aliphatic hydroxyl groups is 1. The van der Waals surface area contributed by atoms with Gasteiger partial charge in [-0.2, -0.15) is 0 Å². The molecule has 0 bridgehead atoms. The molecular weight excluding hydrogens is 156 g/mol. The molecule has 0 aromatic carbocycles. The van der Waals surface area contributed by atoms with Gasteiger partial charge in [0.15, 0.2) is 5.78 Å². The molecule has 0 rings (SSSR count). The molecule has 0 aliphatic rings. The first kappa shape index (κ1) is 9.57. The molecule has 11 heavy (non-hydrogen) atoms. The van der Waals surface area contributed by atoms with Gasteiger partial charge in [0, 0.05) is 6.42 Å². The highest BCUT2D eigenvalue weighted by atomic mass is 16.4. The van der Waals surface area contributed by atoms with E-state index in [1.807, 2.05) is 0 Å². The average molecular weight is 161 g/mol. The monoisotopic (exact) mass is 161 g/mol. The minimum Gasteiger partial charge on any atom is -0.547 e. The van der Waals surface area contributed by atoms with Gasteiger partial charge < -0.3 is 24.9 Å². The van der Waals surface area contributed by atoms with E-state index in [-0.39, 0.29) is 1.43 Å². The summed E-state index contributed by atoms with van der Waals surface area (Å²) in [5, 5.41) is 27.8. The Morgan fingerprint density at radius 3 is 2.09 bits per heavy atom. The van der Waals surface area contributed by atoms with Crippen molar-refractivity contribution in [2.24, 2.45) is 0 Å². The number of carboxylic acids is 2. The Labute approximate surface area is 62.6 Å². The SMILES string of the molecule is O=C([O-])C(=O)CC(O)C(=O)[O-].[H+]. The zero-order valence-corrected chi connectivity index (χ0v) is 5.27. The van der Waals surface area contributed by atoms with Crippen LogP contribution in [0, 0.1) is 0 Å². The zero-order chi connectivity index (χ0) is 9.02. The lowest BCUT2D eigenvalue weighted by Crippen LogP contribution is -2.40.